The number of hydrogen-bond acceptors (Lipinski definition) is 4. The summed E-state index contributed by atoms with van der Waals surface area (Å²) in [6.07, 6.45) is 0.942. The molecular formula is C19H32O4. The fourth-order valence-corrected chi connectivity index (χ4v) is 4.19. The van der Waals surface area contributed by atoms with Gasteiger partial charge in [0.2, 0.25) is 6.10 Å². The number of rotatable bonds is 4. The molecule has 2 aliphatic rings. The second kappa shape index (κ2) is 6.10. The zero-order valence-electron chi connectivity index (χ0n) is 15.6. The van der Waals surface area contributed by atoms with E-state index in [0.717, 1.165) is 0 Å². The van der Waals surface area contributed by atoms with Crippen molar-refractivity contribution >= 4 is 11.9 Å². The van der Waals surface area contributed by atoms with Crippen LogP contribution in [-0.2, 0) is 19.1 Å². The molecule has 5 atom stereocenters. The fourth-order valence-electron chi connectivity index (χ4n) is 4.19. The normalized spacial score (nSPS) is 30.6. The van der Waals surface area contributed by atoms with E-state index in [4.69, 9.17) is 9.47 Å². The summed E-state index contributed by atoms with van der Waals surface area (Å²) in [5.74, 6) is 0.623. The maximum Gasteiger partial charge on any atom is 0.347 e. The standard InChI is InChI=1S/C19H32O4/c1-11(12-10-13(12)18(2,3)4)15(19(5,6)7)17(21)23-14-8-9-22-16(14)20/h11-15H,8-10H2,1-7H3/t11-,12?,13-,14?,15?/m0/s1. The minimum atomic E-state index is -0.711. The lowest BCUT2D eigenvalue weighted by Gasteiger charge is -2.35. The van der Waals surface area contributed by atoms with Gasteiger partial charge < -0.3 is 9.47 Å². The van der Waals surface area contributed by atoms with Crippen molar-refractivity contribution in [1.29, 1.82) is 0 Å². The Hall–Kier alpha value is -1.06. The zero-order chi connectivity index (χ0) is 17.6. The fraction of sp³-hybridized carbons (Fsp3) is 0.895. The first-order valence-corrected chi connectivity index (χ1v) is 8.80. The molecule has 0 aromatic rings. The smallest absolute Gasteiger partial charge is 0.347 e. The number of carbonyl (C=O) groups excluding carboxylic acids is 2. The molecule has 4 heteroatoms. The van der Waals surface area contributed by atoms with Crippen molar-refractivity contribution in [2.75, 3.05) is 6.61 Å². The summed E-state index contributed by atoms with van der Waals surface area (Å²) in [6, 6.07) is 0. The van der Waals surface area contributed by atoms with Crippen molar-refractivity contribution in [3.63, 3.8) is 0 Å². The summed E-state index contributed by atoms with van der Waals surface area (Å²) >= 11 is 0. The summed E-state index contributed by atoms with van der Waals surface area (Å²) in [5.41, 5.74) is 0.0879. The van der Waals surface area contributed by atoms with E-state index >= 15 is 0 Å². The molecule has 132 valence electrons. The summed E-state index contributed by atoms with van der Waals surface area (Å²) in [5, 5.41) is 0. The molecule has 0 spiro atoms. The van der Waals surface area contributed by atoms with Gasteiger partial charge in [0, 0.05) is 6.42 Å². The maximum absolute atomic E-state index is 12.8. The van der Waals surface area contributed by atoms with Crippen molar-refractivity contribution in [3.05, 3.63) is 0 Å². The highest BCUT2D eigenvalue weighted by molar-refractivity contribution is 5.82. The highest BCUT2D eigenvalue weighted by atomic mass is 16.6. The SMILES string of the molecule is C[C@@H](C1C[C@@H]1C(C)(C)C)C(C(=O)OC1CCOC1=O)C(C)(C)C. The minimum absolute atomic E-state index is 0.190. The number of ether oxygens (including phenoxy) is 2. The van der Waals surface area contributed by atoms with E-state index in [2.05, 4.69) is 48.5 Å². The van der Waals surface area contributed by atoms with Gasteiger partial charge in [0.1, 0.15) is 0 Å². The number of carbonyl (C=O) groups is 2. The largest absolute Gasteiger partial charge is 0.463 e. The summed E-state index contributed by atoms with van der Waals surface area (Å²) in [4.78, 5) is 24.4. The molecule has 1 saturated heterocycles. The van der Waals surface area contributed by atoms with Crippen LogP contribution in [0.2, 0.25) is 0 Å². The third kappa shape index (κ3) is 4.07. The average Bonchev–Trinajstić information content (AvgIpc) is 3.08. The van der Waals surface area contributed by atoms with Crippen molar-refractivity contribution in [1.82, 2.24) is 0 Å². The van der Waals surface area contributed by atoms with Crippen LogP contribution in [0.25, 0.3) is 0 Å². The molecule has 0 aromatic heterocycles. The first kappa shape index (κ1) is 18.3. The van der Waals surface area contributed by atoms with Crippen LogP contribution in [0.3, 0.4) is 0 Å². The molecule has 0 aromatic carbocycles. The molecule has 3 unspecified atom stereocenters. The van der Waals surface area contributed by atoms with Gasteiger partial charge in [0.25, 0.3) is 0 Å². The van der Waals surface area contributed by atoms with Crippen LogP contribution in [0.15, 0.2) is 0 Å². The molecule has 23 heavy (non-hydrogen) atoms. The maximum atomic E-state index is 12.8. The highest BCUT2D eigenvalue weighted by Gasteiger charge is 2.53. The van der Waals surface area contributed by atoms with Gasteiger partial charge in [-0.3, -0.25) is 4.79 Å². The van der Waals surface area contributed by atoms with Crippen LogP contribution in [0.5, 0.6) is 0 Å². The van der Waals surface area contributed by atoms with E-state index < -0.39 is 12.1 Å². The Kier molecular flexibility index (Phi) is 4.85. The van der Waals surface area contributed by atoms with E-state index in [9.17, 15) is 9.59 Å². The monoisotopic (exact) mass is 324 g/mol. The Balaban J connectivity index is 2.08. The molecular weight excluding hydrogens is 292 g/mol. The first-order valence-electron chi connectivity index (χ1n) is 8.80. The number of esters is 2. The third-order valence-corrected chi connectivity index (χ3v) is 5.49. The summed E-state index contributed by atoms with van der Waals surface area (Å²) < 4.78 is 10.4. The lowest BCUT2D eigenvalue weighted by molar-refractivity contribution is -0.168. The van der Waals surface area contributed by atoms with Crippen molar-refractivity contribution in [2.24, 2.45) is 34.5 Å². The predicted molar refractivity (Wildman–Crippen MR) is 88.6 cm³/mol. The molecule has 0 bridgehead atoms. The number of hydrogen-bond donors (Lipinski definition) is 0. The topological polar surface area (TPSA) is 52.6 Å². The molecule has 2 fully saturated rings. The molecule has 1 aliphatic carbocycles. The van der Waals surface area contributed by atoms with Gasteiger partial charge in [-0.2, -0.15) is 0 Å². The van der Waals surface area contributed by atoms with E-state index in [0.29, 0.717) is 24.9 Å². The van der Waals surface area contributed by atoms with Gasteiger partial charge in [-0.1, -0.05) is 48.5 Å². The van der Waals surface area contributed by atoms with E-state index in [1.807, 2.05) is 0 Å². The average molecular weight is 324 g/mol. The van der Waals surface area contributed by atoms with Crippen LogP contribution in [0.1, 0.15) is 61.3 Å². The second-order valence-corrected chi connectivity index (χ2v) is 9.46. The summed E-state index contributed by atoms with van der Waals surface area (Å²) in [7, 11) is 0. The Morgan fingerprint density at radius 1 is 1.22 bits per heavy atom. The zero-order valence-corrected chi connectivity index (χ0v) is 15.6. The highest BCUT2D eigenvalue weighted by Crippen LogP contribution is 2.57. The van der Waals surface area contributed by atoms with E-state index in [-0.39, 0.29) is 28.6 Å². The minimum Gasteiger partial charge on any atom is -0.463 e. The van der Waals surface area contributed by atoms with Crippen molar-refractivity contribution in [2.45, 2.75) is 67.4 Å². The lowest BCUT2D eigenvalue weighted by Crippen LogP contribution is -2.39. The van der Waals surface area contributed by atoms with Crippen LogP contribution in [0, 0.1) is 34.5 Å². The molecule has 1 aliphatic heterocycles. The van der Waals surface area contributed by atoms with Gasteiger partial charge >= 0.3 is 11.9 Å². The molecule has 0 amide bonds. The van der Waals surface area contributed by atoms with Crippen LogP contribution in [0.4, 0.5) is 0 Å². The number of cyclic esters (lactones) is 1. The predicted octanol–water partition coefficient (Wildman–Crippen LogP) is 3.83. The summed E-state index contributed by atoms with van der Waals surface area (Å²) in [6.45, 7) is 15.6. The Morgan fingerprint density at radius 3 is 2.22 bits per heavy atom. The van der Waals surface area contributed by atoms with E-state index in [1.165, 1.54) is 6.42 Å². The van der Waals surface area contributed by atoms with E-state index in [1.54, 1.807) is 0 Å². The molecule has 1 heterocycles. The van der Waals surface area contributed by atoms with Crippen molar-refractivity contribution in [3.8, 4) is 0 Å². The van der Waals surface area contributed by atoms with Crippen molar-refractivity contribution < 1.29 is 19.1 Å². The first-order chi connectivity index (χ1) is 10.4. The molecule has 1 saturated carbocycles. The Bertz CT molecular complexity index is 469. The quantitative estimate of drug-likeness (QED) is 0.738. The van der Waals surface area contributed by atoms with Gasteiger partial charge in [-0.15, -0.1) is 0 Å². The Morgan fingerprint density at radius 2 is 1.83 bits per heavy atom. The van der Waals surface area contributed by atoms with Crippen LogP contribution in [-0.4, -0.2) is 24.6 Å². The Labute approximate surface area is 140 Å². The second-order valence-electron chi connectivity index (χ2n) is 9.46. The van der Waals surface area contributed by atoms with Gasteiger partial charge in [0.15, 0.2) is 0 Å². The van der Waals surface area contributed by atoms with Gasteiger partial charge in [-0.25, -0.2) is 4.79 Å². The third-order valence-electron chi connectivity index (χ3n) is 5.49. The molecule has 2 rings (SSSR count). The van der Waals surface area contributed by atoms with Gasteiger partial charge in [0.05, 0.1) is 12.5 Å². The van der Waals surface area contributed by atoms with Crippen LogP contribution < -0.4 is 0 Å². The molecule has 0 N–H and O–H groups in total. The molecule has 4 nitrogen and oxygen atoms in total. The lowest BCUT2D eigenvalue weighted by atomic mass is 9.71. The van der Waals surface area contributed by atoms with Crippen LogP contribution >= 0.6 is 0 Å². The molecule has 0 radical (unpaired) electrons. The van der Waals surface area contributed by atoms with Gasteiger partial charge in [-0.05, 0) is 35.0 Å².